The summed E-state index contributed by atoms with van der Waals surface area (Å²) in [7, 11) is 3.91. The Hall–Kier alpha value is -3.64. The van der Waals surface area contributed by atoms with Gasteiger partial charge in [-0.05, 0) is 24.3 Å². The maximum atomic E-state index is 12.7. The molecule has 5 atom stereocenters. The molecule has 0 spiro atoms. The van der Waals surface area contributed by atoms with Crippen molar-refractivity contribution >= 4 is 16.9 Å². The highest BCUT2D eigenvalue weighted by Gasteiger charge is 2.49. The Kier molecular flexibility index (Phi) is 6.94. The van der Waals surface area contributed by atoms with Crippen molar-refractivity contribution in [3.8, 4) is 28.6 Å². The Morgan fingerprint density at radius 3 is 2.31 bits per heavy atom. The van der Waals surface area contributed by atoms with E-state index in [1.807, 2.05) is 0 Å². The molecule has 2 heterocycles. The SMILES string of the molecule is COC(=O)C1OC(Oc2cc(O)c3c(=O)cc(-c4ccc(OC)cc4)oc3c2)C(O)C(O)C1OC. The predicted octanol–water partition coefficient (Wildman–Crippen LogP) is 1.19. The van der Waals surface area contributed by atoms with E-state index in [1.165, 1.54) is 26.4 Å². The summed E-state index contributed by atoms with van der Waals surface area (Å²) in [6.07, 6.45) is -7.28. The van der Waals surface area contributed by atoms with Gasteiger partial charge in [-0.25, -0.2) is 4.79 Å². The third-order valence-electron chi connectivity index (χ3n) is 5.66. The molecule has 1 aliphatic heterocycles. The van der Waals surface area contributed by atoms with Gasteiger partial charge in [0.25, 0.3) is 0 Å². The van der Waals surface area contributed by atoms with Crippen molar-refractivity contribution in [2.45, 2.75) is 30.7 Å². The first kappa shape index (κ1) is 24.5. The van der Waals surface area contributed by atoms with Crippen LogP contribution in [0.15, 0.2) is 51.7 Å². The molecule has 1 aliphatic rings. The summed E-state index contributed by atoms with van der Waals surface area (Å²) in [5.74, 6) is -0.467. The van der Waals surface area contributed by atoms with E-state index in [-0.39, 0.29) is 22.5 Å². The number of aliphatic hydroxyl groups excluding tert-OH is 2. The van der Waals surface area contributed by atoms with Crippen LogP contribution in [0.1, 0.15) is 0 Å². The van der Waals surface area contributed by atoms with Crippen LogP contribution in [-0.2, 0) is 19.0 Å². The minimum Gasteiger partial charge on any atom is -0.507 e. The zero-order valence-electron chi connectivity index (χ0n) is 19.0. The molecule has 35 heavy (non-hydrogen) atoms. The number of fused-ring (bicyclic) bond motifs is 1. The van der Waals surface area contributed by atoms with Crippen LogP contribution in [0.4, 0.5) is 0 Å². The molecule has 4 rings (SSSR count). The second kappa shape index (κ2) is 9.92. The third kappa shape index (κ3) is 4.66. The van der Waals surface area contributed by atoms with E-state index in [4.69, 9.17) is 23.4 Å². The first-order valence-corrected chi connectivity index (χ1v) is 10.5. The normalized spacial score (nSPS) is 24.2. The van der Waals surface area contributed by atoms with Gasteiger partial charge in [0.15, 0.2) is 11.5 Å². The highest BCUT2D eigenvalue weighted by molar-refractivity contribution is 5.86. The summed E-state index contributed by atoms with van der Waals surface area (Å²) in [6, 6.07) is 10.5. The Balaban J connectivity index is 1.68. The summed E-state index contributed by atoms with van der Waals surface area (Å²) < 4.78 is 31.9. The molecule has 0 amide bonds. The highest BCUT2D eigenvalue weighted by Crippen LogP contribution is 2.33. The van der Waals surface area contributed by atoms with Crippen molar-refractivity contribution in [1.82, 2.24) is 0 Å². The topological polar surface area (TPSA) is 154 Å². The number of carbonyl (C=O) groups excluding carboxylic acids is 1. The minimum atomic E-state index is -1.61. The molecule has 1 aromatic heterocycles. The Labute approximate surface area is 199 Å². The van der Waals surface area contributed by atoms with Crippen molar-refractivity contribution < 1.29 is 48.2 Å². The van der Waals surface area contributed by atoms with E-state index in [1.54, 1.807) is 24.3 Å². The molecule has 5 unspecified atom stereocenters. The van der Waals surface area contributed by atoms with E-state index in [2.05, 4.69) is 4.74 Å². The van der Waals surface area contributed by atoms with Crippen LogP contribution in [0, 0.1) is 0 Å². The molecule has 0 bridgehead atoms. The number of aliphatic hydroxyl groups is 2. The highest BCUT2D eigenvalue weighted by atomic mass is 16.7. The van der Waals surface area contributed by atoms with Gasteiger partial charge in [0.1, 0.15) is 52.3 Å². The fourth-order valence-electron chi connectivity index (χ4n) is 3.85. The van der Waals surface area contributed by atoms with Gasteiger partial charge in [-0.1, -0.05) is 0 Å². The summed E-state index contributed by atoms with van der Waals surface area (Å²) in [4.78, 5) is 24.8. The number of hydrogen-bond acceptors (Lipinski definition) is 11. The molecule has 2 aromatic carbocycles. The van der Waals surface area contributed by atoms with Crippen molar-refractivity contribution in [2.75, 3.05) is 21.3 Å². The monoisotopic (exact) mass is 488 g/mol. The zero-order chi connectivity index (χ0) is 25.3. The van der Waals surface area contributed by atoms with Gasteiger partial charge < -0.3 is 43.4 Å². The number of esters is 1. The average Bonchev–Trinajstić information content (AvgIpc) is 2.85. The van der Waals surface area contributed by atoms with Gasteiger partial charge in [-0.15, -0.1) is 0 Å². The predicted molar refractivity (Wildman–Crippen MR) is 120 cm³/mol. The lowest BCUT2D eigenvalue weighted by molar-refractivity contribution is -0.276. The minimum absolute atomic E-state index is 0.00320. The molecule has 11 nitrogen and oxygen atoms in total. The maximum absolute atomic E-state index is 12.7. The number of benzene rings is 2. The van der Waals surface area contributed by atoms with E-state index >= 15 is 0 Å². The Morgan fingerprint density at radius 1 is 0.971 bits per heavy atom. The molecule has 3 aromatic rings. The number of hydrogen-bond donors (Lipinski definition) is 3. The first-order valence-electron chi connectivity index (χ1n) is 10.5. The molecule has 0 aliphatic carbocycles. The van der Waals surface area contributed by atoms with E-state index < -0.39 is 47.9 Å². The molecule has 1 saturated heterocycles. The van der Waals surface area contributed by atoms with Gasteiger partial charge in [-0.2, -0.15) is 0 Å². The summed E-state index contributed by atoms with van der Waals surface area (Å²) in [5.41, 5.74) is 0.110. The summed E-state index contributed by atoms with van der Waals surface area (Å²) in [6.45, 7) is 0. The van der Waals surface area contributed by atoms with Crippen LogP contribution in [0.5, 0.6) is 17.2 Å². The van der Waals surface area contributed by atoms with Gasteiger partial charge in [0.05, 0.1) is 14.2 Å². The van der Waals surface area contributed by atoms with E-state index in [9.17, 15) is 24.9 Å². The largest absolute Gasteiger partial charge is 0.507 e. The molecule has 1 fully saturated rings. The molecule has 0 radical (unpaired) electrons. The smallest absolute Gasteiger partial charge is 0.338 e. The van der Waals surface area contributed by atoms with Crippen LogP contribution in [0.2, 0.25) is 0 Å². The molecular formula is C24H24O11. The van der Waals surface area contributed by atoms with Crippen LogP contribution in [0.3, 0.4) is 0 Å². The summed E-state index contributed by atoms with van der Waals surface area (Å²) in [5, 5.41) is 31.2. The molecular weight excluding hydrogens is 464 g/mol. The van der Waals surface area contributed by atoms with Crippen molar-refractivity contribution in [3.63, 3.8) is 0 Å². The molecule has 11 heteroatoms. The van der Waals surface area contributed by atoms with Crippen LogP contribution in [0.25, 0.3) is 22.3 Å². The standard InChI is InChI=1S/C24H24O11/c1-30-12-6-4-11(5-7-12)16-10-15(26)18-14(25)8-13(9-17(18)34-16)33-24-20(28)19(27)21(31-2)22(35-24)23(29)32-3/h4-10,19-22,24-25,27-28H,1-3H3. The van der Waals surface area contributed by atoms with Crippen molar-refractivity contribution in [2.24, 2.45) is 0 Å². The Morgan fingerprint density at radius 2 is 1.69 bits per heavy atom. The van der Waals surface area contributed by atoms with Gasteiger partial charge in [-0.3, -0.25) is 4.79 Å². The number of phenols is 1. The lowest BCUT2D eigenvalue weighted by atomic mass is 9.98. The first-order chi connectivity index (χ1) is 16.8. The zero-order valence-corrected chi connectivity index (χ0v) is 19.0. The van der Waals surface area contributed by atoms with Crippen LogP contribution in [-0.4, -0.2) is 73.3 Å². The quantitative estimate of drug-likeness (QED) is 0.429. The fourth-order valence-corrected chi connectivity index (χ4v) is 3.85. The third-order valence-corrected chi connectivity index (χ3v) is 5.66. The molecule has 0 saturated carbocycles. The van der Waals surface area contributed by atoms with Gasteiger partial charge in [0, 0.05) is 30.9 Å². The maximum Gasteiger partial charge on any atom is 0.338 e. The number of aromatic hydroxyl groups is 1. The van der Waals surface area contributed by atoms with Crippen LogP contribution < -0.4 is 14.9 Å². The number of methoxy groups -OCH3 is 3. The van der Waals surface area contributed by atoms with Crippen LogP contribution >= 0.6 is 0 Å². The Bertz CT molecular complexity index is 1270. The van der Waals surface area contributed by atoms with Gasteiger partial charge in [0.2, 0.25) is 6.29 Å². The van der Waals surface area contributed by atoms with Crippen molar-refractivity contribution in [3.05, 3.63) is 52.7 Å². The lowest BCUT2D eigenvalue weighted by Gasteiger charge is -2.40. The van der Waals surface area contributed by atoms with Gasteiger partial charge >= 0.3 is 5.97 Å². The number of rotatable bonds is 6. The van der Waals surface area contributed by atoms with E-state index in [0.717, 1.165) is 13.2 Å². The second-order valence-electron chi connectivity index (χ2n) is 7.77. The molecule has 186 valence electrons. The average molecular weight is 488 g/mol. The number of carbonyl (C=O) groups is 1. The second-order valence-corrected chi connectivity index (χ2v) is 7.77. The molecule has 3 N–H and O–H groups in total. The van der Waals surface area contributed by atoms with Crippen molar-refractivity contribution in [1.29, 1.82) is 0 Å². The van der Waals surface area contributed by atoms with E-state index in [0.29, 0.717) is 11.3 Å². The number of phenolic OH excluding ortho intramolecular Hbond substituents is 1. The number of ether oxygens (including phenoxy) is 5. The summed E-state index contributed by atoms with van der Waals surface area (Å²) >= 11 is 0. The fraction of sp³-hybridized carbons (Fsp3) is 0.333. The lowest BCUT2D eigenvalue weighted by Crippen LogP contribution is -2.61.